The van der Waals surface area contributed by atoms with Gasteiger partial charge in [0.25, 0.3) is 0 Å². The van der Waals surface area contributed by atoms with Crippen molar-refractivity contribution in [1.29, 1.82) is 0 Å². The predicted molar refractivity (Wildman–Crippen MR) is 86.6 cm³/mol. The van der Waals surface area contributed by atoms with Gasteiger partial charge < -0.3 is 15.2 Å². The second-order valence-electron chi connectivity index (χ2n) is 5.08. The maximum absolute atomic E-state index is 8.81. The first-order valence-corrected chi connectivity index (χ1v) is 7.34. The molecule has 0 aromatic heterocycles. The molecule has 0 heterocycles. The van der Waals surface area contributed by atoms with Crippen molar-refractivity contribution in [3.05, 3.63) is 54.1 Å². The molecule has 21 heavy (non-hydrogen) atoms. The molecule has 0 aliphatic heterocycles. The highest BCUT2D eigenvalue weighted by Crippen LogP contribution is 2.30. The lowest BCUT2D eigenvalue weighted by Crippen LogP contribution is -2.20. The van der Waals surface area contributed by atoms with Gasteiger partial charge >= 0.3 is 0 Å². The SMILES string of the molecule is COc1ccccc1-c1ccc(C(C)NCCCO)cc1. The van der Waals surface area contributed by atoms with Gasteiger partial charge in [-0.3, -0.25) is 0 Å². The van der Waals surface area contributed by atoms with Crippen LogP contribution in [0.2, 0.25) is 0 Å². The van der Waals surface area contributed by atoms with Crippen molar-refractivity contribution in [1.82, 2.24) is 5.32 Å². The molecule has 3 heteroatoms. The Kier molecular flexibility index (Phi) is 5.78. The average molecular weight is 285 g/mol. The van der Waals surface area contributed by atoms with Gasteiger partial charge in [0, 0.05) is 18.2 Å². The Hall–Kier alpha value is -1.84. The van der Waals surface area contributed by atoms with Gasteiger partial charge in [-0.2, -0.15) is 0 Å². The summed E-state index contributed by atoms with van der Waals surface area (Å²) in [5, 5.41) is 12.2. The molecule has 0 radical (unpaired) electrons. The quantitative estimate of drug-likeness (QED) is 0.766. The van der Waals surface area contributed by atoms with Crippen LogP contribution in [-0.4, -0.2) is 25.4 Å². The van der Waals surface area contributed by atoms with E-state index in [0.717, 1.165) is 29.8 Å². The standard InChI is InChI=1S/C18H23NO2/c1-14(19-12-5-13-20)15-8-10-16(11-9-15)17-6-3-4-7-18(17)21-2/h3-4,6-11,14,19-20H,5,12-13H2,1-2H3. The van der Waals surface area contributed by atoms with E-state index >= 15 is 0 Å². The van der Waals surface area contributed by atoms with Crippen LogP contribution in [-0.2, 0) is 0 Å². The summed E-state index contributed by atoms with van der Waals surface area (Å²) in [4.78, 5) is 0. The Labute approximate surface area is 126 Å². The van der Waals surface area contributed by atoms with Crippen molar-refractivity contribution in [3.63, 3.8) is 0 Å². The maximum atomic E-state index is 8.81. The molecule has 0 amide bonds. The number of rotatable bonds is 7. The smallest absolute Gasteiger partial charge is 0.126 e. The summed E-state index contributed by atoms with van der Waals surface area (Å²) in [6.45, 7) is 3.19. The van der Waals surface area contributed by atoms with Crippen molar-refractivity contribution < 1.29 is 9.84 Å². The molecule has 112 valence electrons. The van der Waals surface area contributed by atoms with E-state index in [9.17, 15) is 0 Å². The van der Waals surface area contributed by atoms with Crippen LogP contribution in [0.4, 0.5) is 0 Å². The Morgan fingerprint density at radius 2 is 1.81 bits per heavy atom. The third kappa shape index (κ3) is 4.06. The summed E-state index contributed by atoms with van der Waals surface area (Å²) in [6, 6.07) is 16.8. The minimum absolute atomic E-state index is 0.229. The summed E-state index contributed by atoms with van der Waals surface area (Å²) in [5.41, 5.74) is 3.50. The second-order valence-corrected chi connectivity index (χ2v) is 5.08. The number of aliphatic hydroxyl groups is 1. The van der Waals surface area contributed by atoms with Crippen LogP contribution in [0.1, 0.15) is 24.9 Å². The molecule has 1 atom stereocenters. The molecule has 2 aromatic rings. The van der Waals surface area contributed by atoms with E-state index in [-0.39, 0.29) is 12.6 Å². The van der Waals surface area contributed by atoms with Gasteiger partial charge in [-0.05, 0) is 37.1 Å². The zero-order chi connectivity index (χ0) is 15.1. The van der Waals surface area contributed by atoms with Crippen LogP contribution in [0.15, 0.2) is 48.5 Å². The number of aliphatic hydroxyl groups excluding tert-OH is 1. The lowest BCUT2D eigenvalue weighted by molar-refractivity contribution is 0.284. The molecule has 0 aliphatic carbocycles. The number of methoxy groups -OCH3 is 1. The minimum Gasteiger partial charge on any atom is -0.496 e. The summed E-state index contributed by atoms with van der Waals surface area (Å²) in [7, 11) is 1.69. The van der Waals surface area contributed by atoms with Crippen molar-refractivity contribution >= 4 is 0 Å². The number of benzene rings is 2. The minimum atomic E-state index is 0.229. The number of hydrogen-bond donors (Lipinski definition) is 2. The van der Waals surface area contributed by atoms with Crippen LogP contribution in [0.3, 0.4) is 0 Å². The summed E-state index contributed by atoms with van der Waals surface area (Å²) < 4.78 is 5.41. The van der Waals surface area contributed by atoms with Gasteiger partial charge in [0.1, 0.15) is 5.75 Å². The van der Waals surface area contributed by atoms with Gasteiger partial charge in [-0.25, -0.2) is 0 Å². The van der Waals surface area contributed by atoms with E-state index in [0.29, 0.717) is 0 Å². The third-order valence-corrected chi connectivity index (χ3v) is 3.61. The van der Waals surface area contributed by atoms with Crippen LogP contribution in [0, 0.1) is 0 Å². The number of para-hydroxylation sites is 1. The van der Waals surface area contributed by atoms with Crippen molar-refractivity contribution in [2.24, 2.45) is 0 Å². The molecule has 2 aromatic carbocycles. The van der Waals surface area contributed by atoms with E-state index < -0.39 is 0 Å². The lowest BCUT2D eigenvalue weighted by atomic mass is 10.0. The Bertz CT molecular complexity index is 551. The Morgan fingerprint density at radius 1 is 1.10 bits per heavy atom. The van der Waals surface area contributed by atoms with E-state index in [1.807, 2.05) is 18.2 Å². The van der Waals surface area contributed by atoms with E-state index in [1.165, 1.54) is 5.56 Å². The third-order valence-electron chi connectivity index (χ3n) is 3.61. The molecular weight excluding hydrogens is 262 g/mol. The molecule has 3 nitrogen and oxygen atoms in total. The van der Waals surface area contributed by atoms with Gasteiger partial charge in [-0.1, -0.05) is 42.5 Å². The van der Waals surface area contributed by atoms with E-state index in [4.69, 9.17) is 9.84 Å². The molecule has 0 fully saturated rings. The fourth-order valence-electron chi connectivity index (χ4n) is 2.35. The molecule has 0 saturated heterocycles. The number of hydrogen-bond acceptors (Lipinski definition) is 3. The van der Waals surface area contributed by atoms with Crippen LogP contribution < -0.4 is 10.1 Å². The second kappa shape index (κ2) is 7.81. The van der Waals surface area contributed by atoms with E-state index in [2.05, 4.69) is 42.6 Å². The zero-order valence-corrected chi connectivity index (χ0v) is 12.7. The summed E-state index contributed by atoms with van der Waals surface area (Å²) in [5.74, 6) is 0.888. The molecule has 0 aliphatic rings. The Balaban J connectivity index is 2.11. The number of ether oxygens (including phenoxy) is 1. The van der Waals surface area contributed by atoms with Crippen LogP contribution in [0.5, 0.6) is 5.75 Å². The van der Waals surface area contributed by atoms with Gasteiger partial charge in [-0.15, -0.1) is 0 Å². The first-order chi connectivity index (χ1) is 10.3. The molecule has 1 unspecified atom stereocenters. The van der Waals surface area contributed by atoms with Crippen molar-refractivity contribution in [2.75, 3.05) is 20.3 Å². The van der Waals surface area contributed by atoms with Crippen molar-refractivity contribution in [3.8, 4) is 16.9 Å². The van der Waals surface area contributed by atoms with Gasteiger partial charge in [0.15, 0.2) is 0 Å². The summed E-state index contributed by atoms with van der Waals surface area (Å²) in [6.07, 6.45) is 0.781. The zero-order valence-electron chi connectivity index (χ0n) is 12.7. The predicted octanol–water partition coefficient (Wildman–Crippen LogP) is 3.40. The van der Waals surface area contributed by atoms with Gasteiger partial charge in [0.05, 0.1) is 7.11 Å². The maximum Gasteiger partial charge on any atom is 0.126 e. The number of nitrogens with one attached hydrogen (secondary N) is 1. The normalized spacial score (nSPS) is 12.1. The highest BCUT2D eigenvalue weighted by atomic mass is 16.5. The lowest BCUT2D eigenvalue weighted by Gasteiger charge is -2.15. The highest BCUT2D eigenvalue weighted by Gasteiger charge is 2.07. The fraction of sp³-hybridized carbons (Fsp3) is 0.333. The van der Waals surface area contributed by atoms with Crippen molar-refractivity contribution in [2.45, 2.75) is 19.4 Å². The van der Waals surface area contributed by atoms with E-state index in [1.54, 1.807) is 7.11 Å². The molecule has 2 rings (SSSR count). The van der Waals surface area contributed by atoms with Gasteiger partial charge in [0.2, 0.25) is 0 Å². The molecule has 0 bridgehead atoms. The fourth-order valence-corrected chi connectivity index (χ4v) is 2.35. The molecule has 2 N–H and O–H groups in total. The average Bonchev–Trinajstić information content (AvgIpc) is 2.55. The van der Waals surface area contributed by atoms with Crippen LogP contribution in [0.25, 0.3) is 11.1 Å². The summed E-state index contributed by atoms with van der Waals surface area (Å²) >= 11 is 0. The molecular formula is C18H23NO2. The van der Waals surface area contributed by atoms with Crippen LogP contribution >= 0.6 is 0 Å². The molecule has 0 spiro atoms. The first-order valence-electron chi connectivity index (χ1n) is 7.34. The highest BCUT2D eigenvalue weighted by molar-refractivity contribution is 5.70. The first kappa shape index (κ1) is 15.5. The monoisotopic (exact) mass is 285 g/mol. The topological polar surface area (TPSA) is 41.5 Å². The largest absolute Gasteiger partial charge is 0.496 e. The molecule has 0 saturated carbocycles. The Morgan fingerprint density at radius 3 is 2.48 bits per heavy atom.